The number of halogens is 1. The molecule has 0 spiro atoms. The zero-order chi connectivity index (χ0) is 12.7. The summed E-state index contributed by atoms with van der Waals surface area (Å²) in [6.45, 7) is 3.02. The van der Waals surface area contributed by atoms with Crippen LogP contribution in [0.15, 0.2) is 22.7 Å². The van der Waals surface area contributed by atoms with Gasteiger partial charge in [-0.25, -0.2) is 0 Å². The first-order chi connectivity index (χ1) is 8.16. The van der Waals surface area contributed by atoms with Gasteiger partial charge in [0.1, 0.15) is 0 Å². The van der Waals surface area contributed by atoms with Crippen LogP contribution in [0.25, 0.3) is 0 Å². The van der Waals surface area contributed by atoms with Gasteiger partial charge >= 0.3 is 0 Å². The summed E-state index contributed by atoms with van der Waals surface area (Å²) in [5.41, 5.74) is 1.57. The third-order valence-corrected chi connectivity index (χ3v) is 3.14. The van der Waals surface area contributed by atoms with Crippen molar-refractivity contribution in [2.45, 2.75) is 6.92 Å². The van der Waals surface area contributed by atoms with E-state index < -0.39 is 0 Å². The molecule has 0 aliphatic heterocycles. The summed E-state index contributed by atoms with van der Waals surface area (Å²) in [6.07, 6.45) is 0. The van der Waals surface area contributed by atoms with E-state index >= 15 is 0 Å². The number of amides is 1. The zero-order valence-corrected chi connectivity index (χ0v) is 11.3. The highest BCUT2D eigenvalue weighted by molar-refractivity contribution is 9.10. The van der Waals surface area contributed by atoms with Crippen LogP contribution in [0.5, 0.6) is 0 Å². The lowest BCUT2D eigenvalue weighted by molar-refractivity contribution is 0.0837. The fourth-order valence-electron chi connectivity index (χ4n) is 1.35. The predicted molar refractivity (Wildman–Crippen MR) is 69.1 cm³/mol. The van der Waals surface area contributed by atoms with Gasteiger partial charge in [-0.15, -0.1) is 0 Å². The van der Waals surface area contributed by atoms with Gasteiger partial charge in [-0.05, 0) is 24.6 Å². The van der Waals surface area contributed by atoms with Crippen LogP contribution < -0.4 is 5.32 Å². The second-order valence-electron chi connectivity index (χ2n) is 3.50. The average Bonchev–Trinajstić information content (AvgIpc) is 2.32. The second-order valence-corrected chi connectivity index (χ2v) is 4.36. The molecule has 0 radical (unpaired) electrons. The standard InChI is InChI=1S/C12H16BrNO3/c1-9-10(3-2-4-11(9)13)12(16)14-5-7-17-8-6-15/h2-4,15H,5-8H2,1H3,(H,14,16). The van der Waals surface area contributed by atoms with Gasteiger partial charge in [-0.2, -0.15) is 0 Å². The Bertz CT molecular complexity index is 382. The first-order valence-electron chi connectivity index (χ1n) is 5.38. The van der Waals surface area contributed by atoms with Crippen molar-refractivity contribution < 1.29 is 14.6 Å². The van der Waals surface area contributed by atoms with E-state index in [0.29, 0.717) is 25.3 Å². The normalized spacial score (nSPS) is 10.3. The van der Waals surface area contributed by atoms with Gasteiger partial charge in [-0.1, -0.05) is 22.0 Å². The number of carbonyl (C=O) groups excluding carboxylic acids is 1. The number of hydrogen-bond acceptors (Lipinski definition) is 3. The molecule has 0 heterocycles. The van der Waals surface area contributed by atoms with Crippen molar-refractivity contribution in [2.75, 3.05) is 26.4 Å². The topological polar surface area (TPSA) is 58.6 Å². The molecular weight excluding hydrogens is 286 g/mol. The molecular formula is C12H16BrNO3. The van der Waals surface area contributed by atoms with Crippen molar-refractivity contribution in [3.63, 3.8) is 0 Å². The maximum absolute atomic E-state index is 11.8. The number of rotatable bonds is 6. The molecule has 0 fully saturated rings. The minimum atomic E-state index is -0.114. The predicted octanol–water partition coefficient (Wildman–Crippen LogP) is 1.50. The van der Waals surface area contributed by atoms with Gasteiger partial charge in [0.25, 0.3) is 5.91 Å². The monoisotopic (exact) mass is 301 g/mol. The van der Waals surface area contributed by atoms with Crippen molar-refractivity contribution in [3.8, 4) is 0 Å². The Hall–Kier alpha value is -0.910. The summed E-state index contributed by atoms with van der Waals surface area (Å²) in [6, 6.07) is 5.51. The molecule has 0 saturated heterocycles. The van der Waals surface area contributed by atoms with Crippen molar-refractivity contribution in [1.29, 1.82) is 0 Å². The van der Waals surface area contributed by atoms with E-state index in [-0.39, 0.29) is 12.5 Å². The maximum Gasteiger partial charge on any atom is 0.251 e. The maximum atomic E-state index is 11.8. The van der Waals surface area contributed by atoms with Crippen LogP contribution in [0, 0.1) is 6.92 Å². The summed E-state index contributed by atoms with van der Waals surface area (Å²) >= 11 is 3.38. The lowest BCUT2D eigenvalue weighted by Gasteiger charge is -2.08. The van der Waals surface area contributed by atoms with Gasteiger partial charge < -0.3 is 15.2 Å². The second kappa shape index (κ2) is 7.42. The molecule has 1 rings (SSSR count). The Morgan fingerprint density at radius 3 is 2.94 bits per heavy atom. The molecule has 5 heteroatoms. The molecule has 0 saturated carbocycles. The van der Waals surface area contributed by atoms with Crippen LogP contribution in [-0.4, -0.2) is 37.4 Å². The Morgan fingerprint density at radius 1 is 1.47 bits per heavy atom. The molecule has 4 nitrogen and oxygen atoms in total. The summed E-state index contributed by atoms with van der Waals surface area (Å²) in [5.74, 6) is -0.114. The van der Waals surface area contributed by atoms with Gasteiger partial charge in [0, 0.05) is 16.6 Å². The molecule has 0 aliphatic rings. The van der Waals surface area contributed by atoms with E-state index in [9.17, 15) is 4.79 Å². The van der Waals surface area contributed by atoms with Crippen molar-refractivity contribution in [3.05, 3.63) is 33.8 Å². The number of aliphatic hydroxyl groups excluding tert-OH is 1. The first-order valence-corrected chi connectivity index (χ1v) is 6.18. The fourth-order valence-corrected chi connectivity index (χ4v) is 1.72. The van der Waals surface area contributed by atoms with Crippen LogP contribution in [0.1, 0.15) is 15.9 Å². The molecule has 1 amide bonds. The molecule has 0 unspecified atom stereocenters. The molecule has 17 heavy (non-hydrogen) atoms. The smallest absolute Gasteiger partial charge is 0.251 e. The quantitative estimate of drug-likeness (QED) is 0.783. The highest BCUT2D eigenvalue weighted by Gasteiger charge is 2.09. The van der Waals surface area contributed by atoms with Crippen LogP contribution in [0.3, 0.4) is 0 Å². The van der Waals surface area contributed by atoms with Crippen molar-refractivity contribution in [1.82, 2.24) is 5.32 Å². The number of nitrogens with one attached hydrogen (secondary N) is 1. The Morgan fingerprint density at radius 2 is 2.24 bits per heavy atom. The van der Waals surface area contributed by atoms with Gasteiger partial charge in [0.05, 0.1) is 19.8 Å². The minimum absolute atomic E-state index is 0.00130. The molecule has 94 valence electrons. The van der Waals surface area contributed by atoms with Gasteiger partial charge in [-0.3, -0.25) is 4.79 Å². The van der Waals surface area contributed by atoms with E-state index in [4.69, 9.17) is 9.84 Å². The average molecular weight is 302 g/mol. The number of ether oxygens (including phenoxy) is 1. The van der Waals surface area contributed by atoms with E-state index in [1.54, 1.807) is 6.07 Å². The Balaban J connectivity index is 2.44. The third kappa shape index (κ3) is 4.46. The summed E-state index contributed by atoms with van der Waals surface area (Å²) in [5, 5.41) is 11.3. The molecule has 2 N–H and O–H groups in total. The van der Waals surface area contributed by atoms with Crippen LogP contribution >= 0.6 is 15.9 Å². The molecule has 0 atom stereocenters. The SMILES string of the molecule is Cc1c(Br)cccc1C(=O)NCCOCCO. The van der Waals surface area contributed by atoms with Gasteiger partial charge in [0.15, 0.2) is 0 Å². The molecule has 0 aliphatic carbocycles. The first kappa shape index (κ1) is 14.2. The number of hydrogen-bond donors (Lipinski definition) is 2. The highest BCUT2D eigenvalue weighted by atomic mass is 79.9. The number of aliphatic hydroxyl groups is 1. The Kier molecular flexibility index (Phi) is 6.18. The Labute approximate surface area is 109 Å². The molecule has 0 bridgehead atoms. The molecule has 1 aromatic carbocycles. The summed E-state index contributed by atoms with van der Waals surface area (Å²) in [7, 11) is 0. The molecule has 0 aromatic heterocycles. The largest absolute Gasteiger partial charge is 0.394 e. The number of benzene rings is 1. The van der Waals surface area contributed by atoms with Crippen molar-refractivity contribution in [2.24, 2.45) is 0 Å². The van der Waals surface area contributed by atoms with E-state index in [1.807, 2.05) is 19.1 Å². The lowest BCUT2D eigenvalue weighted by Crippen LogP contribution is -2.28. The third-order valence-electron chi connectivity index (χ3n) is 2.28. The van der Waals surface area contributed by atoms with E-state index in [2.05, 4.69) is 21.2 Å². The van der Waals surface area contributed by atoms with Crippen LogP contribution in [-0.2, 0) is 4.74 Å². The van der Waals surface area contributed by atoms with Crippen molar-refractivity contribution >= 4 is 21.8 Å². The highest BCUT2D eigenvalue weighted by Crippen LogP contribution is 2.19. The van der Waals surface area contributed by atoms with E-state index in [1.165, 1.54) is 0 Å². The fraction of sp³-hybridized carbons (Fsp3) is 0.417. The zero-order valence-electron chi connectivity index (χ0n) is 9.70. The lowest BCUT2D eigenvalue weighted by atomic mass is 10.1. The summed E-state index contributed by atoms with van der Waals surface area (Å²) < 4.78 is 5.97. The van der Waals surface area contributed by atoms with Crippen LogP contribution in [0.2, 0.25) is 0 Å². The minimum Gasteiger partial charge on any atom is -0.394 e. The van der Waals surface area contributed by atoms with Crippen LogP contribution in [0.4, 0.5) is 0 Å². The van der Waals surface area contributed by atoms with Gasteiger partial charge in [0.2, 0.25) is 0 Å². The number of carbonyl (C=O) groups is 1. The summed E-state index contributed by atoms with van der Waals surface area (Å²) in [4.78, 5) is 11.8. The molecule has 1 aromatic rings. The van der Waals surface area contributed by atoms with E-state index in [0.717, 1.165) is 10.0 Å².